The van der Waals surface area contributed by atoms with Crippen molar-refractivity contribution < 1.29 is 14.6 Å². The number of aliphatic hydroxyl groups is 2. The van der Waals surface area contributed by atoms with Gasteiger partial charge in [-0.15, -0.1) is 0 Å². The lowest BCUT2D eigenvalue weighted by Crippen LogP contribution is -2.18. The number of halogens is 2. The van der Waals surface area contributed by atoms with E-state index < -0.39 is 18.0 Å². The highest BCUT2D eigenvalue weighted by Crippen LogP contribution is 2.26. The highest BCUT2D eigenvalue weighted by Gasteiger charge is 2.22. The van der Waals surface area contributed by atoms with Crippen LogP contribution in [0.1, 0.15) is 23.7 Å². The zero-order valence-electron chi connectivity index (χ0n) is 8.61. The third-order valence-electron chi connectivity index (χ3n) is 2.26. The first kappa shape index (κ1) is 12.9. The first-order chi connectivity index (χ1) is 7.47. The van der Waals surface area contributed by atoms with Gasteiger partial charge < -0.3 is 10.2 Å². The lowest BCUT2D eigenvalue weighted by Gasteiger charge is -2.17. The third kappa shape index (κ3) is 2.70. The van der Waals surface area contributed by atoms with Crippen molar-refractivity contribution in [3.63, 3.8) is 0 Å². The summed E-state index contributed by atoms with van der Waals surface area (Å²) in [6.45, 7) is 1.66. The summed E-state index contributed by atoms with van der Waals surface area (Å²) in [6.07, 6.45) is -2.99. The number of benzene rings is 1. The minimum absolute atomic E-state index is 0.0512. The highest BCUT2D eigenvalue weighted by molar-refractivity contribution is 6.31. The normalized spacial score (nSPS) is 14.2. The van der Waals surface area contributed by atoms with Crippen LogP contribution in [0, 0.1) is 24.1 Å². The van der Waals surface area contributed by atoms with Gasteiger partial charge in [0.25, 0.3) is 0 Å². The van der Waals surface area contributed by atoms with Crippen LogP contribution in [0.25, 0.3) is 0 Å². The number of nitrogens with zero attached hydrogens (tertiary/aromatic N) is 1. The molecule has 1 rings (SSSR count). The number of hydrogen-bond donors (Lipinski definition) is 2. The fraction of sp³-hybridized carbons (Fsp3) is 0.364. The Balaban J connectivity index is 3.04. The summed E-state index contributed by atoms with van der Waals surface area (Å²) in [5, 5.41) is 27.6. The lowest BCUT2D eigenvalue weighted by molar-refractivity contribution is 0.0195. The summed E-state index contributed by atoms with van der Waals surface area (Å²) in [6, 6.07) is 4.15. The molecule has 2 atom stereocenters. The molecule has 0 aromatic heterocycles. The molecule has 0 fully saturated rings. The molecular weight excluding hydrogens is 233 g/mol. The molecule has 1 aromatic rings. The van der Waals surface area contributed by atoms with Crippen molar-refractivity contribution in [2.75, 3.05) is 0 Å². The lowest BCUT2D eigenvalue weighted by atomic mass is 10.00. The summed E-state index contributed by atoms with van der Waals surface area (Å²) in [5.41, 5.74) is 0.547. The minimum atomic E-state index is -1.42. The number of nitriles is 1. The number of aliphatic hydroxyl groups excluding tert-OH is 2. The summed E-state index contributed by atoms with van der Waals surface area (Å²) in [7, 11) is 0. The fourth-order valence-electron chi connectivity index (χ4n) is 1.32. The van der Waals surface area contributed by atoms with Gasteiger partial charge in [0.05, 0.1) is 18.6 Å². The molecule has 0 radical (unpaired) electrons. The first-order valence-corrected chi connectivity index (χ1v) is 5.03. The molecule has 3 nitrogen and oxygen atoms in total. The Bertz CT molecular complexity index is 431. The molecule has 0 bridgehead atoms. The summed E-state index contributed by atoms with van der Waals surface area (Å²) < 4.78 is 13.4. The number of hydrogen-bond acceptors (Lipinski definition) is 3. The van der Waals surface area contributed by atoms with Gasteiger partial charge in [0.15, 0.2) is 0 Å². The maximum absolute atomic E-state index is 13.4. The maximum atomic E-state index is 13.4. The molecule has 0 aliphatic carbocycles. The van der Waals surface area contributed by atoms with Crippen molar-refractivity contribution in [3.8, 4) is 6.07 Å². The second-order valence-electron chi connectivity index (χ2n) is 3.50. The number of aryl methyl sites for hydroxylation is 1. The van der Waals surface area contributed by atoms with Crippen molar-refractivity contribution in [2.24, 2.45) is 0 Å². The van der Waals surface area contributed by atoms with E-state index in [2.05, 4.69) is 0 Å². The summed E-state index contributed by atoms with van der Waals surface area (Å²) >= 11 is 5.69. The van der Waals surface area contributed by atoms with Crippen LogP contribution in [0.4, 0.5) is 4.39 Å². The Morgan fingerprint density at radius 1 is 1.50 bits per heavy atom. The van der Waals surface area contributed by atoms with Crippen LogP contribution in [0.2, 0.25) is 5.02 Å². The van der Waals surface area contributed by atoms with Crippen LogP contribution in [0.3, 0.4) is 0 Å². The Morgan fingerprint density at radius 2 is 2.12 bits per heavy atom. The van der Waals surface area contributed by atoms with E-state index in [-0.39, 0.29) is 17.0 Å². The molecule has 0 saturated carbocycles. The standard InChI is InChI=1S/C11H11ClFNO2/c1-6-4-7(9(13)5-8(6)12)11(16)10(15)2-3-14/h4-5,10-11,15-16H,2H2,1H3. The molecule has 0 saturated heterocycles. The van der Waals surface area contributed by atoms with Gasteiger partial charge in [-0.1, -0.05) is 11.6 Å². The molecule has 0 amide bonds. The molecule has 5 heteroatoms. The second-order valence-corrected chi connectivity index (χ2v) is 3.90. The van der Waals surface area contributed by atoms with Gasteiger partial charge in [0.2, 0.25) is 0 Å². The molecule has 1 aromatic carbocycles. The van der Waals surface area contributed by atoms with Gasteiger partial charge in [-0.2, -0.15) is 5.26 Å². The highest BCUT2D eigenvalue weighted by atomic mass is 35.5. The SMILES string of the molecule is Cc1cc(C(O)C(O)CC#N)c(F)cc1Cl. The molecule has 0 aliphatic rings. The Morgan fingerprint density at radius 3 is 2.69 bits per heavy atom. The van der Waals surface area contributed by atoms with Crippen LogP contribution in [0.5, 0.6) is 0 Å². The third-order valence-corrected chi connectivity index (χ3v) is 2.67. The summed E-state index contributed by atoms with van der Waals surface area (Å²) in [5.74, 6) is -0.694. The molecule has 86 valence electrons. The summed E-state index contributed by atoms with van der Waals surface area (Å²) in [4.78, 5) is 0. The van der Waals surface area contributed by atoms with Crippen LogP contribution < -0.4 is 0 Å². The smallest absolute Gasteiger partial charge is 0.130 e. The molecule has 16 heavy (non-hydrogen) atoms. The Labute approximate surface area is 97.7 Å². The zero-order valence-corrected chi connectivity index (χ0v) is 9.37. The van der Waals surface area contributed by atoms with E-state index in [1.807, 2.05) is 0 Å². The van der Waals surface area contributed by atoms with E-state index in [1.165, 1.54) is 6.07 Å². The van der Waals surface area contributed by atoms with Crippen molar-refractivity contribution in [1.82, 2.24) is 0 Å². The molecule has 2 unspecified atom stereocenters. The molecule has 0 aliphatic heterocycles. The van der Waals surface area contributed by atoms with Gasteiger partial charge in [0, 0.05) is 10.6 Å². The van der Waals surface area contributed by atoms with Crippen LogP contribution in [-0.2, 0) is 0 Å². The van der Waals surface area contributed by atoms with Crippen LogP contribution >= 0.6 is 11.6 Å². The van der Waals surface area contributed by atoms with Crippen LogP contribution in [0.15, 0.2) is 12.1 Å². The topological polar surface area (TPSA) is 64.2 Å². The van der Waals surface area contributed by atoms with E-state index in [0.29, 0.717) is 5.56 Å². The van der Waals surface area contributed by atoms with Gasteiger partial charge in [-0.05, 0) is 24.6 Å². The van der Waals surface area contributed by atoms with E-state index in [9.17, 15) is 14.6 Å². The monoisotopic (exact) mass is 243 g/mol. The van der Waals surface area contributed by atoms with Crippen molar-refractivity contribution in [3.05, 3.63) is 34.1 Å². The molecular formula is C11H11ClFNO2. The average Bonchev–Trinajstić information content (AvgIpc) is 2.23. The molecule has 0 heterocycles. The van der Waals surface area contributed by atoms with Gasteiger partial charge >= 0.3 is 0 Å². The quantitative estimate of drug-likeness (QED) is 0.855. The van der Waals surface area contributed by atoms with Gasteiger partial charge in [-0.25, -0.2) is 4.39 Å². The Kier molecular flexibility index (Phi) is 4.25. The zero-order chi connectivity index (χ0) is 12.3. The van der Waals surface area contributed by atoms with Crippen molar-refractivity contribution >= 4 is 11.6 Å². The van der Waals surface area contributed by atoms with Crippen molar-refractivity contribution in [1.29, 1.82) is 5.26 Å². The first-order valence-electron chi connectivity index (χ1n) is 4.66. The van der Waals surface area contributed by atoms with E-state index in [1.54, 1.807) is 13.0 Å². The molecule has 2 N–H and O–H groups in total. The maximum Gasteiger partial charge on any atom is 0.130 e. The van der Waals surface area contributed by atoms with Gasteiger partial charge in [0.1, 0.15) is 11.9 Å². The predicted octanol–water partition coefficient (Wildman–Crippen LogP) is 2.10. The van der Waals surface area contributed by atoms with Gasteiger partial charge in [-0.3, -0.25) is 0 Å². The van der Waals surface area contributed by atoms with E-state index in [0.717, 1.165) is 6.07 Å². The van der Waals surface area contributed by atoms with Crippen molar-refractivity contribution in [2.45, 2.75) is 25.6 Å². The van der Waals surface area contributed by atoms with Crippen LogP contribution in [-0.4, -0.2) is 16.3 Å². The second kappa shape index (κ2) is 5.26. The van der Waals surface area contributed by atoms with E-state index >= 15 is 0 Å². The average molecular weight is 244 g/mol. The predicted molar refractivity (Wildman–Crippen MR) is 57.3 cm³/mol. The van der Waals surface area contributed by atoms with E-state index in [4.69, 9.17) is 16.9 Å². The minimum Gasteiger partial charge on any atom is -0.389 e. The fourth-order valence-corrected chi connectivity index (χ4v) is 1.47. The largest absolute Gasteiger partial charge is 0.389 e. The molecule has 0 spiro atoms. The number of rotatable bonds is 3. The Hall–Kier alpha value is -1.15.